The number of anilines is 1. The van der Waals surface area contributed by atoms with Gasteiger partial charge in [0.2, 0.25) is 0 Å². The van der Waals surface area contributed by atoms with Gasteiger partial charge in [-0.05, 0) is 13.3 Å². The predicted molar refractivity (Wildman–Crippen MR) is 75.9 cm³/mol. The molecule has 1 aromatic rings. The van der Waals surface area contributed by atoms with Crippen molar-refractivity contribution in [2.75, 3.05) is 23.7 Å². The van der Waals surface area contributed by atoms with Gasteiger partial charge in [-0.2, -0.15) is 11.8 Å². The highest BCUT2D eigenvalue weighted by atomic mass is 35.5. The van der Waals surface area contributed by atoms with Crippen LogP contribution < -0.4 is 4.90 Å². The maximum Gasteiger partial charge on any atom is 0.156 e. The number of aromatic nitrogens is 2. The van der Waals surface area contributed by atoms with Crippen molar-refractivity contribution in [3.05, 3.63) is 16.5 Å². The minimum atomic E-state index is 0.249. The lowest BCUT2D eigenvalue weighted by molar-refractivity contribution is 0.112. The van der Waals surface area contributed by atoms with E-state index in [9.17, 15) is 4.79 Å². The summed E-state index contributed by atoms with van der Waals surface area (Å²) in [6.45, 7) is 5.78. The van der Waals surface area contributed by atoms with Gasteiger partial charge in [0.1, 0.15) is 16.8 Å². The Morgan fingerprint density at radius 3 is 3.00 bits per heavy atom. The van der Waals surface area contributed by atoms with Crippen LogP contribution in [0.4, 0.5) is 5.82 Å². The molecule has 4 nitrogen and oxygen atoms in total. The molecule has 2 heterocycles. The number of thioether (sulfide) groups is 1. The Morgan fingerprint density at radius 1 is 1.56 bits per heavy atom. The molecule has 1 unspecified atom stereocenters. The molecule has 0 N–H and O–H groups in total. The highest BCUT2D eigenvalue weighted by Crippen LogP contribution is 2.28. The molecule has 1 aliphatic rings. The van der Waals surface area contributed by atoms with Gasteiger partial charge < -0.3 is 4.90 Å². The van der Waals surface area contributed by atoms with Gasteiger partial charge in [0.05, 0.1) is 5.56 Å². The number of hydrogen-bond acceptors (Lipinski definition) is 5. The second-order valence-corrected chi connectivity index (χ2v) is 6.03. The van der Waals surface area contributed by atoms with Crippen LogP contribution in [-0.2, 0) is 0 Å². The molecule has 1 aliphatic heterocycles. The van der Waals surface area contributed by atoms with E-state index >= 15 is 0 Å². The average molecular weight is 286 g/mol. The fourth-order valence-corrected chi connectivity index (χ4v) is 3.47. The smallest absolute Gasteiger partial charge is 0.156 e. The number of hydrogen-bond donors (Lipinski definition) is 0. The second kappa shape index (κ2) is 5.89. The van der Waals surface area contributed by atoms with Gasteiger partial charge in [0, 0.05) is 24.1 Å². The van der Waals surface area contributed by atoms with Gasteiger partial charge in [-0.25, -0.2) is 9.97 Å². The van der Waals surface area contributed by atoms with Gasteiger partial charge in [0.25, 0.3) is 0 Å². The molecule has 98 valence electrons. The Hall–Kier alpha value is -0.810. The fourth-order valence-electron chi connectivity index (χ4n) is 2.03. The molecule has 2 rings (SSSR count). The Balaban J connectivity index is 2.34. The molecule has 0 saturated carbocycles. The third kappa shape index (κ3) is 2.78. The van der Waals surface area contributed by atoms with Crippen molar-refractivity contribution in [1.29, 1.82) is 0 Å². The van der Waals surface area contributed by atoms with E-state index in [0.717, 1.165) is 31.5 Å². The van der Waals surface area contributed by atoms with Crippen molar-refractivity contribution in [2.45, 2.75) is 25.5 Å². The minimum absolute atomic E-state index is 0.249. The van der Waals surface area contributed by atoms with Crippen molar-refractivity contribution in [2.24, 2.45) is 0 Å². The number of halogens is 1. The number of nitrogens with zero attached hydrogens (tertiary/aromatic N) is 3. The Labute approximate surface area is 116 Å². The number of aldehydes is 1. The van der Waals surface area contributed by atoms with E-state index < -0.39 is 0 Å². The summed E-state index contributed by atoms with van der Waals surface area (Å²) in [5.74, 6) is 2.34. The summed E-state index contributed by atoms with van der Waals surface area (Å²) in [7, 11) is 0. The monoisotopic (exact) mass is 285 g/mol. The molecule has 0 bridgehead atoms. The van der Waals surface area contributed by atoms with E-state index in [0.29, 0.717) is 22.5 Å². The molecule has 0 spiro atoms. The van der Waals surface area contributed by atoms with Crippen LogP contribution in [-0.4, -0.2) is 40.3 Å². The van der Waals surface area contributed by atoms with E-state index in [2.05, 4.69) is 21.8 Å². The molecule has 18 heavy (non-hydrogen) atoms. The summed E-state index contributed by atoms with van der Waals surface area (Å²) in [5, 5.41) is 0.839. The van der Waals surface area contributed by atoms with Crippen LogP contribution in [0, 0.1) is 6.92 Å². The molecular weight excluding hydrogens is 270 g/mol. The predicted octanol–water partition coefficient (Wildman–Crippen LogP) is 2.58. The maximum absolute atomic E-state index is 11.2. The van der Waals surface area contributed by atoms with Gasteiger partial charge in [-0.1, -0.05) is 18.5 Å². The van der Waals surface area contributed by atoms with E-state index in [1.165, 1.54) is 0 Å². The standard InChI is InChI=1S/C12H16ClN3OS/c1-3-9-6-16(4-5-18-9)12-10(7-17)11(13)14-8(2)15-12/h7,9H,3-6H2,1-2H3. The van der Waals surface area contributed by atoms with Crippen molar-refractivity contribution in [1.82, 2.24) is 9.97 Å². The van der Waals surface area contributed by atoms with Crippen LogP contribution >= 0.6 is 23.4 Å². The molecule has 6 heteroatoms. The normalized spacial score (nSPS) is 19.9. The van der Waals surface area contributed by atoms with Crippen LogP contribution in [0.3, 0.4) is 0 Å². The number of carbonyl (C=O) groups excluding carboxylic acids is 1. The van der Waals surface area contributed by atoms with Crippen LogP contribution in [0.5, 0.6) is 0 Å². The van der Waals surface area contributed by atoms with Gasteiger partial charge in [0.15, 0.2) is 6.29 Å². The van der Waals surface area contributed by atoms with Crippen LogP contribution in [0.25, 0.3) is 0 Å². The molecule has 0 radical (unpaired) electrons. The topological polar surface area (TPSA) is 46.1 Å². The highest BCUT2D eigenvalue weighted by molar-refractivity contribution is 8.00. The molecule has 0 aliphatic carbocycles. The Kier molecular flexibility index (Phi) is 4.45. The van der Waals surface area contributed by atoms with Crippen LogP contribution in [0.1, 0.15) is 29.5 Å². The van der Waals surface area contributed by atoms with Gasteiger partial charge >= 0.3 is 0 Å². The molecule has 1 fully saturated rings. The van der Waals surface area contributed by atoms with E-state index in [1.807, 2.05) is 11.8 Å². The van der Waals surface area contributed by atoms with E-state index in [-0.39, 0.29) is 5.15 Å². The lowest BCUT2D eigenvalue weighted by Crippen LogP contribution is -2.39. The minimum Gasteiger partial charge on any atom is -0.354 e. The molecule has 0 amide bonds. The summed E-state index contributed by atoms with van der Waals surface area (Å²) in [6, 6.07) is 0. The fraction of sp³-hybridized carbons (Fsp3) is 0.583. The maximum atomic E-state index is 11.2. The Bertz CT molecular complexity index is 455. The first-order valence-corrected chi connectivity index (χ1v) is 7.44. The summed E-state index contributed by atoms with van der Waals surface area (Å²) in [4.78, 5) is 21.7. The summed E-state index contributed by atoms with van der Waals surface area (Å²) in [6.07, 6.45) is 1.87. The summed E-state index contributed by atoms with van der Waals surface area (Å²) in [5.41, 5.74) is 0.406. The van der Waals surface area contributed by atoms with E-state index in [4.69, 9.17) is 11.6 Å². The second-order valence-electron chi connectivity index (χ2n) is 4.26. The summed E-state index contributed by atoms with van der Waals surface area (Å²) < 4.78 is 0. The lowest BCUT2D eigenvalue weighted by Gasteiger charge is -2.33. The van der Waals surface area contributed by atoms with Crippen LogP contribution in [0.2, 0.25) is 5.15 Å². The largest absolute Gasteiger partial charge is 0.354 e. The van der Waals surface area contributed by atoms with Crippen molar-refractivity contribution in [3.8, 4) is 0 Å². The molecule has 1 saturated heterocycles. The van der Waals surface area contributed by atoms with Crippen LogP contribution in [0.15, 0.2) is 0 Å². The van der Waals surface area contributed by atoms with Crippen molar-refractivity contribution < 1.29 is 4.79 Å². The molecule has 0 aromatic carbocycles. The van der Waals surface area contributed by atoms with Gasteiger partial charge in [-0.15, -0.1) is 0 Å². The highest BCUT2D eigenvalue weighted by Gasteiger charge is 2.23. The lowest BCUT2D eigenvalue weighted by atomic mass is 10.2. The van der Waals surface area contributed by atoms with E-state index in [1.54, 1.807) is 6.92 Å². The zero-order valence-corrected chi connectivity index (χ0v) is 12.1. The first-order valence-electron chi connectivity index (χ1n) is 6.01. The third-order valence-corrected chi connectivity index (χ3v) is 4.66. The average Bonchev–Trinajstić information content (AvgIpc) is 2.38. The number of carbonyl (C=O) groups is 1. The first kappa shape index (κ1) is 13.6. The molecule has 1 atom stereocenters. The summed E-state index contributed by atoms with van der Waals surface area (Å²) >= 11 is 7.99. The van der Waals surface area contributed by atoms with Crippen molar-refractivity contribution in [3.63, 3.8) is 0 Å². The van der Waals surface area contributed by atoms with Gasteiger partial charge in [-0.3, -0.25) is 4.79 Å². The molecule has 1 aromatic heterocycles. The SMILES string of the molecule is CCC1CN(c2nc(C)nc(Cl)c2C=O)CCS1. The first-order chi connectivity index (χ1) is 8.65. The zero-order chi connectivity index (χ0) is 13.1. The molecular formula is C12H16ClN3OS. The number of aryl methyl sites for hydroxylation is 1. The quantitative estimate of drug-likeness (QED) is 0.631. The van der Waals surface area contributed by atoms with Crippen molar-refractivity contribution >= 4 is 35.5 Å². The zero-order valence-electron chi connectivity index (χ0n) is 10.5. The number of rotatable bonds is 3. The third-order valence-electron chi connectivity index (χ3n) is 3.00. The Morgan fingerprint density at radius 2 is 2.33 bits per heavy atom.